The molecule has 2 heterocycles. The van der Waals surface area contributed by atoms with Crippen molar-refractivity contribution in [1.82, 2.24) is 4.90 Å². The van der Waals surface area contributed by atoms with Crippen LogP contribution in [0.15, 0.2) is 36.4 Å². The van der Waals surface area contributed by atoms with E-state index >= 15 is 0 Å². The van der Waals surface area contributed by atoms with Gasteiger partial charge in [0.2, 0.25) is 0 Å². The second-order valence-corrected chi connectivity index (χ2v) is 9.34. The van der Waals surface area contributed by atoms with E-state index in [4.69, 9.17) is 20.8 Å². The summed E-state index contributed by atoms with van der Waals surface area (Å²) in [4.78, 5) is 17.4. The molecule has 7 heteroatoms. The molecule has 0 aromatic heterocycles. The highest BCUT2D eigenvalue weighted by atomic mass is 19.1. The Labute approximate surface area is 187 Å². The summed E-state index contributed by atoms with van der Waals surface area (Å²) in [5.74, 6) is -0.502. The molecule has 2 aliphatic heterocycles. The Morgan fingerprint density at radius 1 is 1.22 bits per heavy atom. The normalized spacial score (nSPS) is 20.7. The van der Waals surface area contributed by atoms with Crippen LogP contribution in [0.1, 0.15) is 57.6 Å². The number of benzene rings is 2. The lowest BCUT2D eigenvalue weighted by atomic mass is 9.89. The van der Waals surface area contributed by atoms with E-state index in [2.05, 4.69) is 4.85 Å². The quantitative estimate of drug-likeness (QED) is 0.529. The fourth-order valence-corrected chi connectivity index (χ4v) is 4.22. The summed E-state index contributed by atoms with van der Waals surface area (Å²) in [7, 11) is 0. The topological polar surface area (TPSA) is 52.4 Å². The van der Waals surface area contributed by atoms with E-state index in [1.165, 1.54) is 12.1 Å². The average molecular weight is 438 g/mol. The van der Waals surface area contributed by atoms with E-state index in [1.54, 1.807) is 17.9 Å². The van der Waals surface area contributed by atoms with Gasteiger partial charge >= 0.3 is 6.09 Å². The molecule has 0 N–H and O–H groups in total. The van der Waals surface area contributed by atoms with Crippen LogP contribution in [0.4, 0.5) is 14.9 Å². The first kappa shape index (κ1) is 21.9. The van der Waals surface area contributed by atoms with Gasteiger partial charge in [-0.3, -0.25) is 0 Å². The zero-order chi connectivity index (χ0) is 23.1. The molecule has 0 saturated carbocycles. The van der Waals surface area contributed by atoms with Gasteiger partial charge in [-0.2, -0.15) is 0 Å². The van der Waals surface area contributed by atoms with Crippen LogP contribution in [-0.2, 0) is 10.5 Å². The summed E-state index contributed by atoms with van der Waals surface area (Å²) in [6.07, 6.45) is 1.24. The molecule has 0 aliphatic carbocycles. The van der Waals surface area contributed by atoms with Gasteiger partial charge < -0.3 is 19.1 Å². The monoisotopic (exact) mass is 438 g/mol. The van der Waals surface area contributed by atoms with E-state index in [9.17, 15) is 9.18 Å². The van der Waals surface area contributed by atoms with Crippen molar-refractivity contribution in [3.63, 3.8) is 0 Å². The van der Waals surface area contributed by atoms with Crippen molar-refractivity contribution in [2.75, 3.05) is 13.1 Å². The number of rotatable bonds is 2. The second kappa shape index (κ2) is 8.01. The lowest BCUT2D eigenvalue weighted by Crippen LogP contribution is -2.41. The molecule has 6 nitrogen and oxygen atoms in total. The number of hydrogen-bond acceptors (Lipinski definition) is 4. The highest BCUT2D eigenvalue weighted by Crippen LogP contribution is 2.49. The van der Waals surface area contributed by atoms with Crippen molar-refractivity contribution < 1.29 is 23.4 Å². The Morgan fingerprint density at radius 3 is 2.56 bits per heavy atom. The van der Waals surface area contributed by atoms with Gasteiger partial charge in [-0.25, -0.2) is 14.0 Å². The van der Waals surface area contributed by atoms with Gasteiger partial charge in [-0.15, -0.1) is 0 Å². The van der Waals surface area contributed by atoms with Crippen LogP contribution in [0.3, 0.4) is 0 Å². The molecule has 1 amide bonds. The molecule has 2 aromatic rings. The van der Waals surface area contributed by atoms with Crippen LogP contribution in [0.5, 0.6) is 11.5 Å². The number of likely N-dealkylation sites (tertiary alicyclic amines) is 1. The standard InChI is InChI=1S/C25H27FN2O4/c1-24(2,3)32-23(29)28-13-11-16(12-14-28)18-7-6-8-21-22(18)31-25(4,30-21)19-10-9-17(27-5)15-20(19)26/h6-10,15-16H,11-14H2,1-4H3/t25-/m0/s1. The smallest absolute Gasteiger partial charge is 0.410 e. The molecule has 0 radical (unpaired) electrons. The van der Waals surface area contributed by atoms with Gasteiger partial charge in [0, 0.05) is 25.6 Å². The van der Waals surface area contributed by atoms with Gasteiger partial charge in [-0.05, 0) is 51.7 Å². The molecular weight excluding hydrogens is 411 g/mol. The number of para-hydroxylation sites is 1. The van der Waals surface area contributed by atoms with Crippen molar-refractivity contribution >= 4 is 11.8 Å². The third-order valence-corrected chi connectivity index (χ3v) is 5.77. The molecule has 0 spiro atoms. The number of hydrogen-bond donors (Lipinski definition) is 0. The largest absolute Gasteiger partial charge is 0.444 e. The number of nitrogens with zero attached hydrogens (tertiary/aromatic N) is 2. The number of ether oxygens (including phenoxy) is 3. The Balaban J connectivity index is 1.51. The molecule has 4 rings (SSSR count). The predicted molar refractivity (Wildman–Crippen MR) is 117 cm³/mol. The van der Waals surface area contributed by atoms with Crippen LogP contribution >= 0.6 is 0 Å². The summed E-state index contributed by atoms with van der Waals surface area (Å²) >= 11 is 0. The molecule has 1 fully saturated rings. The zero-order valence-corrected chi connectivity index (χ0v) is 18.8. The second-order valence-electron chi connectivity index (χ2n) is 9.34. The average Bonchev–Trinajstić information content (AvgIpc) is 3.09. The van der Waals surface area contributed by atoms with Crippen LogP contribution in [0.2, 0.25) is 0 Å². The maximum atomic E-state index is 14.7. The molecule has 32 heavy (non-hydrogen) atoms. The number of piperidine rings is 1. The molecule has 0 unspecified atom stereocenters. The minimum Gasteiger partial charge on any atom is -0.444 e. The first-order valence-electron chi connectivity index (χ1n) is 10.8. The molecule has 2 aromatic carbocycles. The fourth-order valence-electron chi connectivity index (χ4n) is 4.22. The Morgan fingerprint density at radius 2 is 1.94 bits per heavy atom. The third kappa shape index (κ3) is 4.22. The number of carbonyl (C=O) groups is 1. The fraction of sp³-hybridized carbons (Fsp3) is 0.440. The van der Waals surface area contributed by atoms with Gasteiger partial charge in [0.05, 0.1) is 12.1 Å². The summed E-state index contributed by atoms with van der Waals surface area (Å²) < 4.78 is 32.5. The van der Waals surface area contributed by atoms with E-state index < -0.39 is 17.2 Å². The van der Waals surface area contributed by atoms with Crippen LogP contribution in [0.25, 0.3) is 4.85 Å². The number of carbonyl (C=O) groups excluding carboxylic acids is 1. The summed E-state index contributed by atoms with van der Waals surface area (Å²) in [5, 5.41) is 0. The molecule has 168 valence electrons. The number of amides is 1. The van der Waals surface area contributed by atoms with E-state index in [0.717, 1.165) is 18.4 Å². The molecule has 1 atom stereocenters. The van der Waals surface area contributed by atoms with E-state index in [1.807, 2.05) is 39.0 Å². The van der Waals surface area contributed by atoms with E-state index in [-0.39, 0.29) is 23.3 Å². The Hall–Kier alpha value is -3.27. The number of fused-ring (bicyclic) bond motifs is 1. The lowest BCUT2D eigenvalue weighted by Gasteiger charge is -2.34. The SMILES string of the molecule is [C-]#[N+]c1ccc([C@@]2(C)Oc3cccc(C4CCN(C(=O)OC(C)(C)C)CC4)c3O2)c(F)c1. The van der Waals surface area contributed by atoms with Crippen LogP contribution in [-0.4, -0.2) is 29.7 Å². The molecule has 0 bridgehead atoms. The molecule has 2 aliphatic rings. The van der Waals surface area contributed by atoms with Crippen LogP contribution in [0, 0.1) is 12.4 Å². The lowest BCUT2D eigenvalue weighted by molar-refractivity contribution is -0.0711. The Kier molecular flexibility index (Phi) is 5.49. The van der Waals surface area contributed by atoms with Gasteiger partial charge in [0.1, 0.15) is 11.4 Å². The first-order chi connectivity index (χ1) is 15.1. The van der Waals surface area contributed by atoms with Crippen LogP contribution < -0.4 is 9.47 Å². The highest BCUT2D eigenvalue weighted by Gasteiger charge is 2.43. The summed E-state index contributed by atoms with van der Waals surface area (Å²) in [5.41, 5.74) is 0.939. The molecular formula is C25H27FN2O4. The van der Waals surface area contributed by atoms with Gasteiger partial charge in [0.25, 0.3) is 5.79 Å². The maximum absolute atomic E-state index is 14.7. The van der Waals surface area contributed by atoms with Crippen molar-refractivity contribution in [2.24, 2.45) is 0 Å². The van der Waals surface area contributed by atoms with Crippen molar-refractivity contribution in [1.29, 1.82) is 0 Å². The van der Waals surface area contributed by atoms with Gasteiger partial charge in [0.15, 0.2) is 17.2 Å². The van der Waals surface area contributed by atoms with Crippen molar-refractivity contribution in [2.45, 2.75) is 57.8 Å². The van der Waals surface area contributed by atoms with E-state index in [0.29, 0.717) is 24.6 Å². The highest BCUT2D eigenvalue weighted by molar-refractivity contribution is 5.68. The van der Waals surface area contributed by atoms with Gasteiger partial charge in [-0.1, -0.05) is 24.3 Å². The Bertz CT molecular complexity index is 1080. The summed E-state index contributed by atoms with van der Waals surface area (Å²) in [6.45, 7) is 15.5. The van der Waals surface area contributed by atoms with Crippen molar-refractivity contribution in [3.8, 4) is 11.5 Å². The first-order valence-corrected chi connectivity index (χ1v) is 10.8. The zero-order valence-electron chi connectivity index (χ0n) is 18.8. The third-order valence-electron chi connectivity index (χ3n) is 5.77. The predicted octanol–water partition coefficient (Wildman–Crippen LogP) is 6.14. The molecule has 1 saturated heterocycles. The number of halogens is 1. The van der Waals surface area contributed by atoms with Crippen molar-refractivity contribution in [3.05, 3.63) is 64.8 Å². The summed E-state index contributed by atoms with van der Waals surface area (Å²) in [6, 6.07) is 10.00. The minimum atomic E-state index is -1.32. The minimum absolute atomic E-state index is 0.184. The maximum Gasteiger partial charge on any atom is 0.410 e.